The molecule has 11 rings (SSSR count). The van der Waals surface area contributed by atoms with Crippen LogP contribution in [0.15, 0.2) is 206 Å². The lowest BCUT2D eigenvalue weighted by molar-refractivity contribution is 0.996. The first-order chi connectivity index (χ1) is 27.8. The quantitative estimate of drug-likeness (QED) is 0.172. The lowest BCUT2D eigenvalue weighted by Crippen LogP contribution is -2.04. The molecule has 0 bridgehead atoms. The topological polar surface area (TPSA) is 35.6 Å². The van der Waals surface area contributed by atoms with E-state index in [1.807, 2.05) is 12.1 Å². The second-order valence-electron chi connectivity index (χ2n) is 14.2. The van der Waals surface area contributed by atoms with Gasteiger partial charge in [-0.25, -0.2) is 9.97 Å². The Bertz CT molecular complexity index is 3160. The zero-order valence-electron chi connectivity index (χ0n) is 30.4. The minimum absolute atomic E-state index is 0.635. The molecule has 0 aliphatic rings. The van der Waals surface area contributed by atoms with Crippen LogP contribution in [0.25, 0.3) is 100 Å². The molecule has 0 unspecified atom stereocenters. The Morgan fingerprint density at radius 1 is 0.321 bits per heavy atom. The number of benzene rings is 8. The van der Waals surface area contributed by atoms with E-state index in [9.17, 15) is 0 Å². The molecule has 4 heteroatoms. The van der Waals surface area contributed by atoms with Gasteiger partial charge in [-0.2, -0.15) is 0 Å². The van der Waals surface area contributed by atoms with Gasteiger partial charge in [-0.05, 0) is 70.8 Å². The standard InChI is InChI=1S/C52H34N4/c1-5-17-35(18-6-1)40-30-32-49-51(50(40)38-29-31-48-43(33-38)41-25-13-15-27-46(41)55(48)39-23-11-4-12-24-39)42-26-14-16-28-47(42)56(49)52-53-44(36-19-7-2-8-20-36)34-45(54-52)37-21-9-3-10-22-37/h1-34H. The van der Waals surface area contributed by atoms with E-state index in [4.69, 9.17) is 9.97 Å². The Labute approximate surface area is 324 Å². The van der Waals surface area contributed by atoms with Gasteiger partial charge in [0, 0.05) is 38.4 Å². The molecule has 4 nitrogen and oxygen atoms in total. The molecule has 0 spiro atoms. The fraction of sp³-hybridized carbons (Fsp3) is 0. The maximum absolute atomic E-state index is 5.31. The van der Waals surface area contributed by atoms with Crippen molar-refractivity contribution < 1.29 is 0 Å². The van der Waals surface area contributed by atoms with E-state index < -0.39 is 0 Å². The summed E-state index contributed by atoms with van der Waals surface area (Å²) in [6, 6.07) is 73.2. The van der Waals surface area contributed by atoms with Crippen molar-refractivity contribution in [1.82, 2.24) is 19.1 Å². The molecule has 11 aromatic rings. The number of para-hydroxylation sites is 3. The van der Waals surface area contributed by atoms with Crippen molar-refractivity contribution >= 4 is 43.6 Å². The highest BCUT2D eigenvalue weighted by molar-refractivity contribution is 6.20. The highest BCUT2D eigenvalue weighted by Gasteiger charge is 2.23. The van der Waals surface area contributed by atoms with E-state index in [1.165, 1.54) is 43.9 Å². The van der Waals surface area contributed by atoms with Gasteiger partial charge >= 0.3 is 0 Å². The first-order valence-electron chi connectivity index (χ1n) is 19.0. The summed E-state index contributed by atoms with van der Waals surface area (Å²) in [6.07, 6.45) is 0. The second kappa shape index (κ2) is 13.1. The highest BCUT2D eigenvalue weighted by atomic mass is 15.2. The number of aromatic nitrogens is 4. The summed E-state index contributed by atoms with van der Waals surface area (Å²) in [7, 11) is 0. The summed E-state index contributed by atoms with van der Waals surface area (Å²) in [4.78, 5) is 10.6. The first-order valence-corrected chi connectivity index (χ1v) is 19.0. The van der Waals surface area contributed by atoms with Crippen LogP contribution in [0.2, 0.25) is 0 Å². The van der Waals surface area contributed by atoms with Gasteiger partial charge in [-0.15, -0.1) is 0 Å². The summed E-state index contributed by atoms with van der Waals surface area (Å²) in [5.74, 6) is 0.635. The molecule has 56 heavy (non-hydrogen) atoms. The monoisotopic (exact) mass is 714 g/mol. The van der Waals surface area contributed by atoms with Crippen LogP contribution in [0.3, 0.4) is 0 Å². The third-order valence-electron chi connectivity index (χ3n) is 11.0. The lowest BCUT2D eigenvalue weighted by Gasteiger charge is -2.15. The molecule has 0 amide bonds. The van der Waals surface area contributed by atoms with Gasteiger partial charge < -0.3 is 4.57 Å². The molecule has 262 valence electrons. The van der Waals surface area contributed by atoms with Crippen molar-refractivity contribution in [2.45, 2.75) is 0 Å². The first kappa shape index (κ1) is 31.9. The molecular weight excluding hydrogens is 681 g/mol. The van der Waals surface area contributed by atoms with E-state index in [0.717, 1.165) is 50.2 Å². The fourth-order valence-electron chi connectivity index (χ4n) is 8.47. The van der Waals surface area contributed by atoms with Crippen LogP contribution in [-0.4, -0.2) is 19.1 Å². The van der Waals surface area contributed by atoms with Crippen molar-refractivity contribution in [1.29, 1.82) is 0 Å². The molecule has 0 N–H and O–H groups in total. The van der Waals surface area contributed by atoms with Crippen molar-refractivity contribution in [3.8, 4) is 56.4 Å². The zero-order chi connectivity index (χ0) is 37.0. The van der Waals surface area contributed by atoms with Gasteiger partial charge in [0.2, 0.25) is 5.95 Å². The number of hydrogen-bond donors (Lipinski definition) is 0. The highest BCUT2D eigenvalue weighted by Crippen LogP contribution is 2.45. The number of rotatable bonds is 6. The van der Waals surface area contributed by atoms with Gasteiger partial charge in [0.1, 0.15) is 0 Å². The fourth-order valence-corrected chi connectivity index (χ4v) is 8.47. The summed E-state index contributed by atoms with van der Waals surface area (Å²) >= 11 is 0. The summed E-state index contributed by atoms with van der Waals surface area (Å²) in [5, 5.41) is 4.76. The van der Waals surface area contributed by atoms with Crippen LogP contribution in [0.1, 0.15) is 0 Å². The Kier molecular flexibility index (Phi) is 7.46. The predicted octanol–water partition coefficient (Wildman–Crippen LogP) is 13.3. The van der Waals surface area contributed by atoms with Crippen LogP contribution < -0.4 is 0 Å². The summed E-state index contributed by atoms with van der Waals surface area (Å²) < 4.78 is 4.63. The van der Waals surface area contributed by atoms with Crippen molar-refractivity contribution in [3.05, 3.63) is 206 Å². The lowest BCUT2D eigenvalue weighted by atomic mass is 9.90. The van der Waals surface area contributed by atoms with Crippen LogP contribution in [0.4, 0.5) is 0 Å². The number of hydrogen-bond acceptors (Lipinski definition) is 2. The molecular formula is C52H34N4. The average molecular weight is 715 g/mol. The molecule has 0 fully saturated rings. The largest absolute Gasteiger partial charge is 0.309 e. The summed E-state index contributed by atoms with van der Waals surface area (Å²) in [5.41, 5.74) is 14.2. The maximum Gasteiger partial charge on any atom is 0.235 e. The van der Waals surface area contributed by atoms with Crippen molar-refractivity contribution in [3.63, 3.8) is 0 Å². The van der Waals surface area contributed by atoms with Crippen LogP contribution in [-0.2, 0) is 0 Å². The average Bonchev–Trinajstić information content (AvgIpc) is 3.80. The van der Waals surface area contributed by atoms with Gasteiger partial charge in [-0.3, -0.25) is 4.57 Å². The minimum Gasteiger partial charge on any atom is -0.309 e. The molecule has 0 saturated heterocycles. The predicted molar refractivity (Wildman–Crippen MR) is 232 cm³/mol. The number of nitrogens with zero attached hydrogens (tertiary/aromatic N) is 4. The van der Waals surface area contributed by atoms with E-state index in [-0.39, 0.29) is 0 Å². The molecule has 8 aromatic carbocycles. The molecule has 0 aliphatic heterocycles. The Balaban J connectivity index is 1.23. The van der Waals surface area contributed by atoms with Crippen LogP contribution >= 0.6 is 0 Å². The Hall–Kier alpha value is -7.56. The molecule has 3 aromatic heterocycles. The number of fused-ring (bicyclic) bond motifs is 6. The van der Waals surface area contributed by atoms with E-state index in [0.29, 0.717) is 5.95 Å². The molecule has 3 heterocycles. The Morgan fingerprint density at radius 2 is 0.821 bits per heavy atom. The maximum atomic E-state index is 5.31. The van der Waals surface area contributed by atoms with Crippen LogP contribution in [0, 0.1) is 0 Å². The normalized spacial score (nSPS) is 11.6. The van der Waals surface area contributed by atoms with Gasteiger partial charge in [0.25, 0.3) is 0 Å². The smallest absolute Gasteiger partial charge is 0.235 e. The van der Waals surface area contributed by atoms with E-state index in [1.54, 1.807) is 0 Å². The van der Waals surface area contributed by atoms with Gasteiger partial charge in [0.15, 0.2) is 0 Å². The van der Waals surface area contributed by atoms with Crippen LogP contribution in [0.5, 0.6) is 0 Å². The molecule has 0 saturated carbocycles. The van der Waals surface area contributed by atoms with E-state index in [2.05, 4.69) is 203 Å². The molecule has 0 atom stereocenters. The zero-order valence-corrected chi connectivity index (χ0v) is 30.4. The molecule has 0 radical (unpaired) electrons. The third-order valence-corrected chi connectivity index (χ3v) is 11.0. The van der Waals surface area contributed by atoms with Crippen molar-refractivity contribution in [2.24, 2.45) is 0 Å². The molecule has 0 aliphatic carbocycles. The van der Waals surface area contributed by atoms with Gasteiger partial charge in [-0.1, -0.05) is 158 Å². The van der Waals surface area contributed by atoms with Gasteiger partial charge in [0.05, 0.1) is 33.5 Å². The Morgan fingerprint density at radius 3 is 1.46 bits per heavy atom. The summed E-state index contributed by atoms with van der Waals surface area (Å²) in [6.45, 7) is 0. The SMILES string of the molecule is c1ccc(-c2cc(-c3ccccc3)nc(-n3c4ccccc4c4c(-c5ccc6c(c5)c5ccccc5n6-c5ccccc5)c(-c5ccccc5)ccc43)n2)cc1. The van der Waals surface area contributed by atoms with Crippen molar-refractivity contribution in [2.75, 3.05) is 0 Å². The van der Waals surface area contributed by atoms with E-state index >= 15 is 0 Å². The minimum atomic E-state index is 0.635. The second-order valence-corrected chi connectivity index (χ2v) is 14.2. The third kappa shape index (κ3) is 5.15.